The molecule has 0 aliphatic rings. The summed E-state index contributed by atoms with van der Waals surface area (Å²) in [5.74, 6) is 0.890. The number of carbonyl (C=O) groups excluding carboxylic acids is 2. The molecule has 0 aliphatic carbocycles. The van der Waals surface area contributed by atoms with Crippen molar-refractivity contribution in [3.63, 3.8) is 0 Å². The fourth-order valence-electron chi connectivity index (χ4n) is 2.50. The van der Waals surface area contributed by atoms with Crippen molar-refractivity contribution in [3.8, 4) is 17.2 Å². The average Bonchev–Trinajstić information content (AvgIpc) is 2.59. The molecule has 0 heterocycles. The van der Waals surface area contributed by atoms with Gasteiger partial charge in [0.25, 0.3) is 0 Å². The molecule has 0 saturated heterocycles. The average molecular weight is 356 g/mol. The molecule has 0 unspecified atom stereocenters. The summed E-state index contributed by atoms with van der Waals surface area (Å²) in [5.41, 5.74) is 2.57. The van der Waals surface area contributed by atoms with Gasteiger partial charge in [-0.1, -0.05) is 26.0 Å². The van der Waals surface area contributed by atoms with Gasteiger partial charge in [0.2, 0.25) is 0 Å². The number of Topliss-reactive ketones (excluding diaryl/α,β-unsaturated/α-hetero) is 1. The normalized spacial score (nSPS) is 10.5. The zero-order chi connectivity index (χ0) is 19.3. The van der Waals surface area contributed by atoms with Crippen molar-refractivity contribution in [2.75, 3.05) is 13.7 Å². The molecular weight excluding hydrogens is 332 g/mol. The van der Waals surface area contributed by atoms with E-state index < -0.39 is 5.97 Å². The highest BCUT2D eigenvalue weighted by Gasteiger charge is 2.15. The number of carbonyl (C=O) groups is 2. The Kier molecular flexibility index (Phi) is 6.39. The minimum absolute atomic E-state index is 0.0924. The summed E-state index contributed by atoms with van der Waals surface area (Å²) in [6.45, 7) is 7.34. The second kappa shape index (κ2) is 8.52. The minimum atomic E-state index is -0.546. The molecule has 2 aromatic rings. The Hall–Kier alpha value is -2.82. The third-order valence-corrected chi connectivity index (χ3v) is 3.93. The van der Waals surface area contributed by atoms with Crippen molar-refractivity contribution in [2.24, 2.45) is 0 Å². The number of methoxy groups -OCH3 is 1. The summed E-state index contributed by atoms with van der Waals surface area (Å²) < 4.78 is 16.2. The molecule has 0 aliphatic heterocycles. The molecule has 138 valence electrons. The van der Waals surface area contributed by atoms with E-state index in [1.807, 2.05) is 25.1 Å². The van der Waals surface area contributed by atoms with Crippen molar-refractivity contribution >= 4 is 11.8 Å². The van der Waals surface area contributed by atoms with Crippen molar-refractivity contribution in [1.82, 2.24) is 0 Å². The van der Waals surface area contributed by atoms with Crippen LogP contribution in [0.2, 0.25) is 0 Å². The monoisotopic (exact) mass is 356 g/mol. The summed E-state index contributed by atoms with van der Waals surface area (Å²) >= 11 is 0. The Morgan fingerprint density at radius 1 is 1.00 bits per heavy atom. The van der Waals surface area contributed by atoms with E-state index in [-0.39, 0.29) is 24.1 Å². The SMILES string of the molecule is COc1cc(C(C)=O)ccc1OC(=O)COc1cc(C)ccc1C(C)C. The molecular formula is C21H24O5. The van der Waals surface area contributed by atoms with Crippen LogP contribution in [-0.4, -0.2) is 25.5 Å². The van der Waals surface area contributed by atoms with Crippen LogP contribution in [0.4, 0.5) is 0 Å². The topological polar surface area (TPSA) is 61.8 Å². The minimum Gasteiger partial charge on any atom is -0.493 e. The van der Waals surface area contributed by atoms with Gasteiger partial charge in [0.1, 0.15) is 5.75 Å². The van der Waals surface area contributed by atoms with E-state index in [1.165, 1.54) is 14.0 Å². The lowest BCUT2D eigenvalue weighted by molar-refractivity contribution is -0.136. The van der Waals surface area contributed by atoms with Crippen molar-refractivity contribution in [2.45, 2.75) is 33.6 Å². The van der Waals surface area contributed by atoms with Gasteiger partial charge in [-0.15, -0.1) is 0 Å². The maximum atomic E-state index is 12.2. The number of hydrogen-bond donors (Lipinski definition) is 0. The van der Waals surface area contributed by atoms with Gasteiger partial charge < -0.3 is 14.2 Å². The van der Waals surface area contributed by atoms with Gasteiger partial charge in [0.05, 0.1) is 7.11 Å². The van der Waals surface area contributed by atoms with E-state index in [0.717, 1.165) is 11.1 Å². The largest absolute Gasteiger partial charge is 0.493 e. The lowest BCUT2D eigenvalue weighted by atomic mass is 10.0. The number of benzene rings is 2. The Balaban J connectivity index is 2.08. The van der Waals surface area contributed by atoms with E-state index >= 15 is 0 Å². The fourth-order valence-corrected chi connectivity index (χ4v) is 2.50. The van der Waals surface area contributed by atoms with Crippen molar-refractivity contribution < 1.29 is 23.8 Å². The summed E-state index contributed by atoms with van der Waals surface area (Å²) in [4.78, 5) is 23.6. The van der Waals surface area contributed by atoms with Crippen molar-refractivity contribution in [1.29, 1.82) is 0 Å². The number of aryl methyl sites for hydroxylation is 1. The molecule has 2 rings (SSSR count). The molecule has 5 heteroatoms. The van der Waals surface area contributed by atoms with E-state index in [9.17, 15) is 9.59 Å². The lowest BCUT2D eigenvalue weighted by Crippen LogP contribution is -2.18. The number of rotatable bonds is 7. The Morgan fingerprint density at radius 3 is 2.35 bits per heavy atom. The van der Waals surface area contributed by atoms with Crippen LogP contribution in [0.1, 0.15) is 48.2 Å². The highest BCUT2D eigenvalue weighted by atomic mass is 16.6. The van der Waals surface area contributed by atoms with Crippen LogP contribution >= 0.6 is 0 Å². The molecule has 0 saturated carbocycles. The third-order valence-electron chi connectivity index (χ3n) is 3.93. The molecule has 0 atom stereocenters. The van der Waals surface area contributed by atoms with Gasteiger partial charge in [-0.2, -0.15) is 0 Å². The van der Waals surface area contributed by atoms with Crippen LogP contribution in [0.25, 0.3) is 0 Å². The van der Waals surface area contributed by atoms with Gasteiger partial charge in [0.15, 0.2) is 23.9 Å². The molecule has 0 bridgehead atoms. The quantitative estimate of drug-likeness (QED) is 0.420. The van der Waals surface area contributed by atoms with Gasteiger partial charge in [-0.05, 0) is 55.2 Å². The summed E-state index contributed by atoms with van der Waals surface area (Å²) in [5, 5.41) is 0. The van der Waals surface area contributed by atoms with Crippen LogP contribution in [0, 0.1) is 6.92 Å². The maximum absolute atomic E-state index is 12.2. The van der Waals surface area contributed by atoms with E-state index in [0.29, 0.717) is 17.1 Å². The second-order valence-electron chi connectivity index (χ2n) is 6.38. The van der Waals surface area contributed by atoms with Crippen LogP contribution in [0.15, 0.2) is 36.4 Å². The van der Waals surface area contributed by atoms with Crippen LogP contribution < -0.4 is 14.2 Å². The zero-order valence-electron chi connectivity index (χ0n) is 15.8. The van der Waals surface area contributed by atoms with E-state index in [2.05, 4.69) is 13.8 Å². The first-order chi connectivity index (χ1) is 12.3. The molecule has 5 nitrogen and oxygen atoms in total. The second-order valence-corrected chi connectivity index (χ2v) is 6.38. The number of esters is 1. The first-order valence-electron chi connectivity index (χ1n) is 8.44. The summed E-state index contributed by atoms with van der Waals surface area (Å²) in [7, 11) is 1.45. The smallest absolute Gasteiger partial charge is 0.349 e. The summed E-state index contributed by atoms with van der Waals surface area (Å²) in [6, 6.07) is 10.6. The van der Waals surface area contributed by atoms with Gasteiger partial charge in [-0.25, -0.2) is 4.79 Å². The van der Waals surface area contributed by atoms with Gasteiger partial charge in [0, 0.05) is 5.56 Å². The van der Waals surface area contributed by atoms with E-state index in [1.54, 1.807) is 18.2 Å². The Bertz CT molecular complexity index is 808. The summed E-state index contributed by atoms with van der Waals surface area (Å²) in [6.07, 6.45) is 0. The Morgan fingerprint density at radius 2 is 1.73 bits per heavy atom. The van der Waals surface area contributed by atoms with Crippen LogP contribution in [0.3, 0.4) is 0 Å². The highest BCUT2D eigenvalue weighted by Crippen LogP contribution is 2.29. The molecule has 0 amide bonds. The lowest BCUT2D eigenvalue weighted by Gasteiger charge is -2.15. The Labute approximate surface area is 153 Å². The molecule has 0 N–H and O–H groups in total. The first-order valence-corrected chi connectivity index (χ1v) is 8.44. The number of hydrogen-bond acceptors (Lipinski definition) is 5. The molecule has 0 spiro atoms. The molecule has 0 aromatic heterocycles. The first kappa shape index (κ1) is 19.5. The molecule has 2 aromatic carbocycles. The van der Waals surface area contributed by atoms with Crippen molar-refractivity contribution in [3.05, 3.63) is 53.1 Å². The molecule has 0 radical (unpaired) electrons. The predicted molar refractivity (Wildman–Crippen MR) is 99.4 cm³/mol. The van der Waals surface area contributed by atoms with Gasteiger partial charge >= 0.3 is 5.97 Å². The maximum Gasteiger partial charge on any atom is 0.349 e. The predicted octanol–water partition coefficient (Wildman–Crippen LogP) is 4.31. The highest BCUT2D eigenvalue weighted by molar-refractivity contribution is 5.94. The standard InChI is InChI=1S/C21H24O5/c1-13(2)17-8-6-14(3)10-19(17)25-12-21(23)26-18-9-7-16(15(4)22)11-20(18)24-5/h6-11,13H,12H2,1-5H3. The van der Waals surface area contributed by atoms with Crippen LogP contribution in [0.5, 0.6) is 17.2 Å². The van der Waals surface area contributed by atoms with Crippen LogP contribution in [-0.2, 0) is 4.79 Å². The zero-order valence-corrected chi connectivity index (χ0v) is 15.8. The molecule has 0 fully saturated rings. The number of ether oxygens (including phenoxy) is 3. The third kappa shape index (κ3) is 4.85. The number of ketones is 1. The molecule has 26 heavy (non-hydrogen) atoms. The fraction of sp³-hybridized carbons (Fsp3) is 0.333. The van der Waals surface area contributed by atoms with E-state index in [4.69, 9.17) is 14.2 Å². The van der Waals surface area contributed by atoms with Gasteiger partial charge in [-0.3, -0.25) is 4.79 Å².